The highest BCUT2D eigenvalue weighted by Gasteiger charge is 2.36. The van der Waals surface area contributed by atoms with E-state index in [2.05, 4.69) is 15.3 Å². The van der Waals surface area contributed by atoms with Gasteiger partial charge in [0.05, 0.1) is 19.3 Å². The Balaban J connectivity index is 1.73. The van der Waals surface area contributed by atoms with Gasteiger partial charge in [-0.05, 0) is 31.4 Å². The highest BCUT2D eigenvalue weighted by atomic mass is 16.3. The average Bonchev–Trinajstić information content (AvgIpc) is 3.09. The van der Waals surface area contributed by atoms with E-state index in [1.807, 2.05) is 13.0 Å². The molecule has 112 valence electrons. The van der Waals surface area contributed by atoms with Gasteiger partial charge in [-0.3, -0.25) is 4.79 Å². The molecule has 2 N–H and O–H groups in total. The molecule has 1 unspecified atom stereocenters. The summed E-state index contributed by atoms with van der Waals surface area (Å²) in [6.07, 6.45) is 6.48. The number of aryl methyl sites for hydroxylation is 1. The number of rotatable bonds is 3. The lowest BCUT2D eigenvalue weighted by molar-refractivity contribution is -0.0388. The molecule has 1 aliphatic heterocycles. The van der Waals surface area contributed by atoms with Gasteiger partial charge in [-0.2, -0.15) is 0 Å². The number of nitrogens with zero attached hydrogens (tertiary/aromatic N) is 4. The summed E-state index contributed by atoms with van der Waals surface area (Å²) in [5, 5.41) is 18.4. The fraction of sp³-hybridized carbons (Fsp3) is 0.500. The van der Waals surface area contributed by atoms with Gasteiger partial charge < -0.3 is 15.0 Å². The predicted molar refractivity (Wildman–Crippen MR) is 75.6 cm³/mol. The molecule has 0 saturated carbocycles. The second kappa shape index (κ2) is 5.33. The molecule has 1 aliphatic rings. The van der Waals surface area contributed by atoms with Gasteiger partial charge in [0.25, 0.3) is 5.91 Å². The molecule has 1 amide bonds. The number of aromatic nitrogens is 4. The normalized spacial score (nSPS) is 22.5. The maximum Gasteiger partial charge on any atom is 0.270 e. The van der Waals surface area contributed by atoms with Crippen LogP contribution < -0.4 is 0 Å². The SMILES string of the molecule is Cc1cc[nH]c1C(=O)N1CCCC(O)(Cn2ccnn2)C1. The van der Waals surface area contributed by atoms with Crippen LogP contribution in [0.4, 0.5) is 0 Å². The quantitative estimate of drug-likeness (QED) is 0.865. The lowest BCUT2D eigenvalue weighted by Crippen LogP contribution is -2.52. The Morgan fingerprint density at radius 2 is 2.43 bits per heavy atom. The van der Waals surface area contributed by atoms with Crippen LogP contribution in [0.5, 0.6) is 0 Å². The van der Waals surface area contributed by atoms with E-state index in [1.54, 1.807) is 28.2 Å². The molecule has 3 rings (SSSR count). The van der Waals surface area contributed by atoms with Crippen molar-refractivity contribution in [3.63, 3.8) is 0 Å². The van der Waals surface area contributed by atoms with Crippen molar-refractivity contribution in [2.45, 2.75) is 31.9 Å². The minimum atomic E-state index is -0.956. The van der Waals surface area contributed by atoms with E-state index < -0.39 is 5.60 Å². The molecular formula is C14H19N5O2. The summed E-state index contributed by atoms with van der Waals surface area (Å²) < 4.78 is 1.61. The van der Waals surface area contributed by atoms with Crippen LogP contribution in [-0.4, -0.2) is 54.6 Å². The van der Waals surface area contributed by atoms with Gasteiger partial charge >= 0.3 is 0 Å². The van der Waals surface area contributed by atoms with E-state index in [9.17, 15) is 9.90 Å². The number of carbonyl (C=O) groups is 1. The topological polar surface area (TPSA) is 87.0 Å². The zero-order valence-corrected chi connectivity index (χ0v) is 12.0. The van der Waals surface area contributed by atoms with Crippen LogP contribution in [-0.2, 0) is 6.54 Å². The molecule has 2 aromatic rings. The van der Waals surface area contributed by atoms with Crippen molar-refractivity contribution in [3.8, 4) is 0 Å². The van der Waals surface area contributed by atoms with Crippen LogP contribution in [0.15, 0.2) is 24.7 Å². The third-order valence-electron chi connectivity index (χ3n) is 3.94. The van der Waals surface area contributed by atoms with Gasteiger partial charge in [0.2, 0.25) is 0 Å². The molecule has 2 aromatic heterocycles. The number of β-amino-alcohol motifs (C(OH)–C–C–N with tert-alkyl or cyclic N) is 1. The number of carbonyl (C=O) groups excluding carboxylic acids is 1. The first-order valence-electron chi connectivity index (χ1n) is 7.07. The molecule has 21 heavy (non-hydrogen) atoms. The Labute approximate surface area is 122 Å². The second-order valence-corrected chi connectivity index (χ2v) is 5.69. The Kier molecular flexibility index (Phi) is 3.50. The van der Waals surface area contributed by atoms with E-state index in [-0.39, 0.29) is 5.91 Å². The summed E-state index contributed by atoms with van der Waals surface area (Å²) in [4.78, 5) is 17.2. The maximum absolute atomic E-state index is 12.5. The molecule has 0 aromatic carbocycles. The van der Waals surface area contributed by atoms with Crippen molar-refractivity contribution in [1.29, 1.82) is 0 Å². The Morgan fingerprint density at radius 1 is 1.57 bits per heavy atom. The summed E-state index contributed by atoms with van der Waals surface area (Å²) >= 11 is 0. The predicted octanol–water partition coefficient (Wildman–Crippen LogP) is 0.582. The molecule has 7 heteroatoms. The number of aromatic amines is 1. The highest BCUT2D eigenvalue weighted by molar-refractivity contribution is 5.94. The maximum atomic E-state index is 12.5. The molecule has 0 aliphatic carbocycles. The van der Waals surface area contributed by atoms with Crippen LogP contribution in [0.2, 0.25) is 0 Å². The van der Waals surface area contributed by atoms with E-state index in [0.717, 1.165) is 12.0 Å². The van der Waals surface area contributed by atoms with Crippen molar-refractivity contribution >= 4 is 5.91 Å². The number of hydrogen-bond acceptors (Lipinski definition) is 4. The summed E-state index contributed by atoms with van der Waals surface area (Å²) in [7, 11) is 0. The van der Waals surface area contributed by atoms with Crippen LogP contribution >= 0.6 is 0 Å². The van der Waals surface area contributed by atoms with Crippen molar-refractivity contribution in [2.75, 3.05) is 13.1 Å². The number of amides is 1. The highest BCUT2D eigenvalue weighted by Crippen LogP contribution is 2.24. The van der Waals surface area contributed by atoms with Crippen LogP contribution in [0.3, 0.4) is 0 Å². The van der Waals surface area contributed by atoms with Gasteiger partial charge in [-0.25, -0.2) is 4.68 Å². The first-order valence-corrected chi connectivity index (χ1v) is 7.07. The largest absolute Gasteiger partial charge is 0.386 e. The van der Waals surface area contributed by atoms with Crippen molar-refractivity contribution in [2.24, 2.45) is 0 Å². The van der Waals surface area contributed by atoms with E-state index in [4.69, 9.17) is 0 Å². The summed E-state index contributed by atoms with van der Waals surface area (Å²) in [6.45, 7) is 3.22. The number of aliphatic hydroxyl groups is 1. The minimum absolute atomic E-state index is 0.0609. The fourth-order valence-corrected chi connectivity index (χ4v) is 2.87. The fourth-order valence-electron chi connectivity index (χ4n) is 2.87. The van der Waals surface area contributed by atoms with E-state index >= 15 is 0 Å². The smallest absolute Gasteiger partial charge is 0.270 e. The van der Waals surface area contributed by atoms with Gasteiger partial charge in [-0.1, -0.05) is 5.21 Å². The van der Waals surface area contributed by atoms with Crippen LogP contribution in [0.1, 0.15) is 28.9 Å². The van der Waals surface area contributed by atoms with Gasteiger partial charge in [0, 0.05) is 18.9 Å². The third kappa shape index (κ3) is 2.82. The number of piperidine rings is 1. The second-order valence-electron chi connectivity index (χ2n) is 5.69. The molecule has 0 radical (unpaired) electrons. The standard InChI is InChI=1S/C14H19N5O2/c1-11-3-5-15-12(11)13(20)18-7-2-4-14(21,9-18)10-19-8-6-16-17-19/h3,5-6,8,15,21H,2,4,7,9-10H2,1H3. The lowest BCUT2D eigenvalue weighted by atomic mass is 9.92. The van der Waals surface area contributed by atoms with E-state index in [0.29, 0.717) is 31.7 Å². The third-order valence-corrected chi connectivity index (χ3v) is 3.94. The zero-order chi connectivity index (χ0) is 14.9. The molecule has 0 spiro atoms. The minimum Gasteiger partial charge on any atom is -0.386 e. The summed E-state index contributed by atoms with van der Waals surface area (Å²) in [6, 6.07) is 1.87. The van der Waals surface area contributed by atoms with E-state index in [1.165, 1.54) is 0 Å². The molecule has 1 atom stereocenters. The molecule has 1 saturated heterocycles. The van der Waals surface area contributed by atoms with Crippen LogP contribution in [0.25, 0.3) is 0 Å². The number of H-pyrrole nitrogens is 1. The van der Waals surface area contributed by atoms with Gasteiger partial charge in [0.15, 0.2) is 0 Å². The Hall–Kier alpha value is -2.15. The van der Waals surface area contributed by atoms with Crippen molar-refractivity contribution < 1.29 is 9.90 Å². The number of hydrogen-bond donors (Lipinski definition) is 2. The molecular weight excluding hydrogens is 270 g/mol. The summed E-state index contributed by atoms with van der Waals surface area (Å²) in [5.74, 6) is -0.0609. The molecule has 7 nitrogen and oxygen atoms in total. The van der Waals surface area contributed by atoms with Crippen molar-refractivity contribution in [3.05, 3.63) is 35.9 Å². The number of likely N-dealkylation sites (tertiary alicyclic amines) is 1. The average molecular weight is 289 g/mol. The first-order chi connectivity index (χ1) is 10.1. The van der Waals surface area contributed by atoms with Crippen molar-refractivity contribution in [1.82, 2.24) is 24.9 Å². The first kappa shape index (κ1) is 13.8. The molecule has 1 fully saturated rings. The molecule has 0 bridgehead atoms. The monoisotopic (exact) mass is 289 g/mol. The Morgan fingerprint density at radius 3 is 3.10 bits per heavy atom. The zero-order valence-electron chi connectivity index (χ0n) is 12.0. The van der Waals surface area contributed by atoms with Gasteiger partial charge in [0.1, 0.15) is 11.3 Å². The Bertz CT molecular complexity index is 621. The summed E-state index contributed by atoms with van der Waals surface area (Å²) in [5.41, 5.74) is 0.563. The molecule has 3 heterocycles. The lowest BCUT2D eigenvalue weighted by Gasteiger charge is -2.39. The number of nitrogens with one attached hydrogen (secondary N) is 1. The van der Waals surface area contributed by atoms with Gasteiger partial charge in [-0.15, -0.1) is 5.10 Å². The van der Waals surface area contributed by atoms with Crippen LogP contribution in [0, 0.1) is 6.92 Å².